The van der Waals surface area contributed by atoms with E-state index >= 15 is 0 Å². The smallest absolute Gasteiger partial charge is 0.252 e. The normalized spacial score (nSPS) is 14.9. The first kappa shape index (κ1) is 18.5. The number of piperidine rings is 1. The van der Waals surface area contributed by atoms with Crippen LogP contribution in [0.25, 0.3) is 0 Å². The van der Waals surface area contributed by atoms with Gasteiger partial charge in [-0.15, -0.1) is 12.6 Å². The van der Waals surface area contributed by atoms with Gasteiger partial charge in [-0.25, -0.2) is 0 Å². The number of thiol groups is 1. The van der Waals surface area contributed by atoms with Gasteiger partial charge in [0, 0.05) is 30.4 Å². The number of benzene rings is 2. The Labute approximate surface area is 160 Å². The van der Waals surface area contributed by atoms with Crippen molar-refractivity contribution in [2.45, 2.75) is 36.6 Å². The summed E-state index contributed by atoms with van der Waals surface area (Å²) in [5, 5.41) is 3.07. The molecule has 136 valence electrons. The zero-order chi connectivity index (χ0) is 18.4. The van der Waals surface area contributed by atoms with Crippen molar-refractivity contribution in [2.24, 2.45) is 0 Å². The van der Waals surface area contributed by atoms with Crippen LogP contribution in [0.4, 0.5) is 0 Å². The topological polar surface area (TPSA) is 49.4 Å². The first-order valence-electron chi connectivity index (χ1n) is 9.04. The zero-order valence-corrected chi connectivity index (χ0v) is 15.6. The molecule has 2 amide bonds. The van der Waals surface area contributed by atoms with Crippen molar-refractivity contribution in [3.63, 3.8) is 0 Å². The van der Waals surface area contributed by atoms with Crippen LogP contribution in [0.5, 0.6) is 0 Å². The van der Waals surface area contributed by atoms with Crippen molar-refractivity contribution >= 4 is 24.4 Å². The van der Waals surface area contributed by atoms with E-state index < -0.39 is 0 Å². The Morgan fingerprint density at radius 3 is 2.35 bits per heavy atom. The highest BCUT2D eigenvalue weighted by atomic mass is 32.1. The summed E-state index contributed by atoms with van der Waals surface area (Å²) >= 11 is 4.34. The van der Waals surface area contributed by atoms with Gasteiger partial charge in [-0.3, -0.25) is 9.59 Å². The molecule has 1 saturated heterocycles. The van der Waals surface area contributed by atoms with Crippen molar-refractivity contribution in [1.82, 2.24) is 10.2 Å². The van der Waals surface area contributed by atoms with Crippen LogP contribution in [0.3, 0.4) is 0 Å². The van der Waals surface area contributed by atoms with E-state index in [1.807, 2.05) is 53.4 Å². The molecule has 0 aliphatic carbocycles. The first-order valence-corrected chi connectivity index (χ1v) is 9.49. The Morgan fingerprint density at radius 1 is 1.00 bits per heavy atom. The van der Waals surface area contributed by atoms with Crippen molar-refractivity contribution in [1.29, 1.82) is 0 Å². The fourth-order valence-corrected chi connectivity index (χ4v) is 3.52. The van der Waals surface area contributed by atoms with Gasteiger partial charge in [0.2, 0.25) is 5.91 Å². The van der Waals surface area contributed by atoms with Gasteiger partial charge in [0.15, 0.2) is 0 Å². The molecule has 0 bridgehead atoms. The van der Waals surface area contributed by atoms with Crippen LogP contribution >= 0.6 is 12.6 Å². The van der Waals surface area contributed by atoms with Crippen LogP contribution in [0.15, 0.2) is 59.5 Å². The largest absolute Gasteiger partial charge is 0.349 e. The molecule has 0 spiro atoms. The molecule has 1 aliphatic rings. The lowest BCUT2D eigenvalue weighted by Gasteiger charge is -2.32. The number of aryl methyl sites for hydroxylation is 1. The number of likely N-dealkylation sites (tertiary alicyclic amines) is 1. The molecule has 5 heteroatoms. The zero-order valence-electron chi connectivity index (χ0n) is 14.7. The molecule has 0 atom stereocenters. The molecule has 2 aromatic rings. The van der Waals surface area contributed by atoms with Gasteiger partial charge in [-0.05, 0) is 37.0 Å². The van der Waals surface area contributed by atoms with Crippen LogP contribution in [0, 0.1) is 0 Å². The Hall–Kier alpha value is -2.27. The van der Waals surface area contributed by atoms with Crippen molar-refractivity contribution < 1.29 is 9.59 Å². The van der Waals surface area contributed by atoms with Gasteiger partial charge in [0.1, 0.15) is 0 Å². The van der Waals surface area contributed by atoms with Crippen LogP contribution in [-0.4, -0.2) is 35.8 Å². The second kappa shape index (κ2) is 8.90. The average Bonchev–Trinajstić information content (AvgIpc) is 2.68. The number of nitrogens with zero attached hydrogens (tertiary/aromatic N) is 1. The van der Waals surface area contributed by atoms with Gasteiger partial charge in [0.25, 0.3) is 5.91 Å². The molecule has 2 aromatic carbocycles. The van der Waals surface area contributed by atoms with E-state index in [0.29, 0.717) is 30.0 Å². The third-order valence-corrected chi connectivity index (χ3v) is 5.19. The minimum absolute atomic E-state index is 0.0931. The van der Waals surface area contributed by atoms with E-state index in [1.165, 1.54) is 5.56 Å². The third-order valence-electron chi connectivity index (χ3n) is 4.80. The minimum Gasteiger partial charge on any atom is -0.349 e. The van der Waals surface area contributed by atoms with Crippen LogP contribution < -0.4 is 5.32 Å². The second-order valence-corrected chi connectivity index (χ2v) is 7.11. The number of carbonyl (C=O) groups excluding carboxylic acids is 2. The molecule has 1 fully saturated rings. The monoisotopic (exact) mass is 368 g/mol. The van der Waals surface area contributed by atoms with Crippen molar-refractivity contribution in [3.8, 4) is 0 Å². The summed E-state index contributed by atoms with van der Waals surface area (Å²) in [6.07, 6.45) is 2.89. The Balaban J connectivity index is 1.44. The highest BCUT2D eigenvalue weighted by molar-refractivity contribution is 7.80. The number of carbonyl (C=O) groups is 2. The Bertz CT molecular complexity index is 756. The molecule has 1 heterocycles. The summed E-state index contributed by atoms with van der Waals surface area (Å²) in [6.45, 7) is 1.39. The van der Waals surface area contributed by atoms with Gasteiger partial charge < -0.3 is 10.2 Å². The molecule has 4 nitrogen and oxygen atoms in total. The lowest BCUT2D eigenvalue weighted by atomic mass is 10.0. The molecule has 0 saturated carbocycles. The fraction of sp³-hybridized carbons (Fsp3) is 0.333. The summed E-state index contributed by atoms with van der Waals surface area (Å²) in [7, 11) is 0. The molecule has 26 heavy (non-hydrogen) atoms. The Kier molecular flexibility index (Phi) is 6.34. The fourth-order valence-electron chi connectivity index (χ4n) is 3.26. The summed E-state index contributed by atoms with van der Waals surface area (Å²) in [5.41, 5.74) is 1.78. The molecule has 0 radical (unpaired) electrons. The maximum atomic E-state index is 12.4. The lowest BCUT2D eigenvalue weighted by Crippen LogP contribution is -2.46. The van der Waals surface area contributed by atoms with E-state index in [4.69, 9.17) is 0 Å². The van der Waals surface area contributed by atoms with E-state index in [9.17, 15) is 9.59 Å². The Morgan fingerprint density at radius 2 is 1.65 bits per heavy atom. The number of amides is 2. The molecule has 0 aromatic heterocycles. The van der Waals surface area contributed by atoms with Crippen molar-refractivity contribution in [3.05, 3.63) is 65.7 Å². The van der Waals surface area contributed by atoms with Gasteiger partial charge >= 0.3 is 0 Å². The molecule has 1 N–H and O–H groups in total. The number of hydrogen-bond donors (Lipinski definition) is 2. The maximum absolute atomic E-state index is 12.4. The standard InChI is InChI=1S/C21H24N2O2S/c24-20(11-10-16-6-2-1-3-7-16)23-14-12-17(13-15-23)22-21(25)18-8-4-5-9-19(18)26/h1-9,17,26H,10-15H2,(H,22,25). The van der Waals surface area contributed by atoms with Gasteiger partial charge in [-0.1, -0.05) is 42.5 Å². The number of rotatable bonds is 5. The van der Waals surface area contributed by atoms with Gasteiger partial charge in [0.05, 0.1) is 5.56 Å². The molecule has 3 rings (SSSR count). The molecular weight excluding hydrogens is 344 g/mol. The number of hydrogen-bond acceptors (Lipinski definition) is 3. The highest BCUT2D eigenvalue weighted by Gasteiger charge is 2.24. The lowest BCUT2D eigenvalue weighted by molar-refractivity contribution is -0.132. The molecular formula is C21H24N2O2S. The van der Waals surface area contributed by atoms with Crippen LogP contribution in [0.2, 0.25) is 0 Å². The van der Waals surface area contributed by atoms with Gasteiger partial charge in [-0.2, -0.15) is 0 Å². The third kappa shape index (κ3) is 4.88. The average molecular weight is 369 g/mol. The summed E-state index contributed by atoms with van der Waals surface area (Å²) < 4.78 is 0. The van der Waals surface area contributed by atoms with E-state index in [-0.39, 0.29) is 17.9 Å². The maximum Gasteiger partial charge on any atom is 0.252 e. The number of nitrogens with one attached hydrogen (secondary N) is 1. The van der Waals surface area contributed by atoms with E-state index in [2.05, 4.69) is 17.9 Å². The molecule has 1 aliphatic heterocycles. The summed E-state index contributed by atoms with van der Waals surface area (Å²) in [4.78, 5) is 27.4. The minimum atomic E-state index is -0.0931. The SMILES string of the molecule is O=C(NC1CCN(C(=O)CCc2ccccc2)CC1)c1ccccc1S. The summed E-state index contributed by atoms with van der Waals surface area (Å²) in [6, 6.07) is 17.5. The summed E-state index contributed by atoms with van der Waals surface area (Å²) in [5.74, 6) is 0.101. The van der Waals surface area contributed by atoms with E-state index in [1.54, 1.807) is 6.07 Å². The van der Waals surface area contributed by atoms with Crippen molar-refractivity contribution in [2.75, 3.05) is 13.1 Å². The first-order chi connectivity index (χ1) is 12.6. The van der Waals surface area contributed by atoms with E-state index in [0.717, 1.165) is 19.3 Å². The second-order valence-electron chi connectivity index (χ2n) is 6.63. The van der Waals surface area contributed by atoms with Crippen LogP contribution in [0.1, 0.15) is 35.2 Å². The predicted octanol–water partition coefficient (Wildman–Crippen LogP) is 3.33. The highest BCUT2D eigenvalue weighted by Crippen LogP contribution is 2.16. The quantitative estimate of drug-likeness (QED) is 0.796. The predicted molar refractivity (Wildman–Crippen MR) is 106 cm³/mol. The molecule has 0 unspecified atom stereocenters. The van der Waals surface area contributed by atoms with Crippen LogP contribution in [-0.2, 0) is 11.2 Å².